The van der Waals surface area contributed by atoms with E-state index in [0.717, 1.165) is 6.04 Å². The monoisotopic (exact) mass is 181 g/mol. The van der Waals surface area contributed by atoms with E-state index in [-0.39, 0.29) is 0 Å². The highest BCUT2D eigenvalue weighted by molar-refractivity contribution is 4.77. The molecule has 1 nitrogen and oxygen atoms in total. The van der Waals surface area contributed by atoms with Gasteiger partial charge in [0.05, 0.1) is 0 Å². The molecule has 0 bridgehead atoms. The lowest BCUT2D eigenvalue weighted by Gasteiger charge is -2.33. The van der Waals surface area contributed by atoms with E-state index in [9.17, 15) is 0 Å². The lowest BCUT2D eigenvalue weighted by Crippen LogP contribution is -2.37. The van der Waals surface area contributed by atoms with Gasteiger partial charge >= 0.3 is 0 Å². The van der Waals surface area contributed by atoms with E-state index in [4.69, 9.17) is 0 Å². The van der Waals surface area contributed by atoms with Gasteiger partial charge in [-0.1, -0.05) is 32.1 Å². The van der Waals surface area contributed by atoms with Crippen molar-refractivity contribution in [2.24, 2.45) is 0 Å². The average molecular weight is 181 g/mol. The van der Waals surface area contributed by atoms with E-state index in [1.165, 1.54) is 70.9 Å². The van der Waals surface area contributed by atoms with Gasteiger partial charge in [0.25, 0.3) is 0 Å². The zero-order valence-electron chi connectivity index (χ0n) is 8.80. The molecule has 0 atom stereocenters. The van der Waals surface area contributed by atoms with Crippen LogP contribution in [0.5, 0.6) is 0 Å². The van der Waals surface area contributed by atoms with Crippen LogP contribution in [0.3, 0.4) is 0 Å². The first-order chi connectivity index (χ1) is 6.47. The summed E-state index contributed by atoms with van der Waals surface area (Å²) in [6.07, 6.45) is 13.3. The number of hydrogen-bond donors (Lipinski definition) is 0. The third-order valence-corrected chi connectivity index (χ3v) is 3.73. The summed E-state index contributed by atoms with van der Waals surface area (Å²) < 4.78 is 0. The fraction of sp³-hybridized carbons (Fsp3) is 1.00. The molecule has 76 valence electrons. The van der Waals surface area contributed by atoms with Crippen LogP contribution in [-0.2, 0) is 0 Å². The molecule has 2 fully saturated rings. The lowest BCUT2D eigenvalue weighted by atomic mass is 9.94. The van der Waals surface area contributed by atoms with Crippen LogP contribution < -0.4 is 0 Å². The maximum atomic E-state index is 2.78. The number of hydrogen-bond acceptors (Lipinski definition) is 1. The first-order valence-corrected chi connectivity index (χ1v) is 6.21. The Balaban J connectivity index is 1.82. The van der Waals surface area contributed by atoms with Gasteiger partial charge in [0.2, 0.25) is 0 Å². The van der Waals surface area contributed by atoms with Gasteiger partial charge in [0.15, 0.2) is 0 Å². The first kappa shape index (κ1) is 9.51. The zero-order chi connectivity index (χ0) is 8.93. The Morgan fingerprint density at radius 2 is 1.15 bits per heavy atom. The van der Waals surface area contributed by atoms with Crippen LogP contribution in [0, 0.1) is 0 Å². The van der Waals surface area contributed by atoms with Crippen molar-refractivity contribution in [2.45, 2.75) is 63.8 Å². The molecule has 0 radical (unpaired) electrons. The number of likely N-dealkylation sites (tertiary alicyclic amines) is 1. The molecule has 1 saturated carbocycles. The molecule has 0 spiro atoms. The molecule has 1 heteroatoms. The van der Waals surface area contributed by atoms with Crippen molar-refractivity contribution >= 4 is 0 Å². The smallest absolute Gasteiger partial charge is 0.00952 e. The minimum atomic E-state index is 0.965. The van der Waals surface area contributed by atoms with Crippen molar-refractivity contribution in [2.75, 3.05) is 13.1 Å². The third-order valence-electron chi connectivity index (χ3n) is 3.73. The molecule has 13 heavy (non-hydrogen) atoms. The molecule has 1 aliphatic heterocycles. The predicted octanol–water partition coefficient (Wildman–Crippen LogP) is 3.20. The summed E-state index contributed by atoms with van der Waals surface area (Å²) in [5.41, 5.74) is 0. The Labute approximate surface area is 82.5 Å². The van der Waals surface area contributed by atoms with Gasteiger partial charge in [-0.2, -0.15) is 0 Å². The quantitative estimate of drug-likeness (QED) is 0.600. The largest absolute Gasteiger partial charge is 0.300 e. The standard InChI is InChI=1S/C12H23N/c1-2-7-11-13(10-6-1)12-8-4-3-5-9-12/h12H,1-11H2. The van der Waals surface area contributed by atoms with Crippen LogP contribution in [0.25, 0.3) is 0 Å². The third kappa shape index (κ3) is 2.70. The summed E-state index contributed by atoms with van der Waals surface area (Å²) in [5.74, 6) is 0. The second-order valence-electron chi connectivity index (χ2n) is 4.74. The van der Waals surface area contributed by atoms with Crippen LogP contribution in [-0.4, -0.2) is 24.0 Å². The summed E-state index contributed by atoms with van der Waals surface area (Å²) >= 11 is 0. The van der Waals surface area contributed by atoms with E-state index in [0.29, 0.717) is 0 Å². The van der Waals surface area contributed by atoms with Crippen LogP contribution in [0.2, 0.25) is 0 Å². The minimum Gasteiger partial charge on any atom is -0.300 e. The van der Waals surface area contributed by atoms with Crippen LogP contribution >= 0.6 is 0 Å². The van der Waals surface area contributed by atoms with Crippen molar-refractivity contribution in [3.05, 3.63) is 0 Å². The Morgan fingerprint density at radius 1 is 0.615 bits per heavy atom. The Bertz CT molecular complexity index is 130. The molecule has 0 aromatic carbocycles. The molecule has 0 aromatic rings. The highest BCUT2D eigenvalue weighted by Gasteiger charge is 2.21. The SMILES string of the molecule is C1CCC(N2CCCCCC2)CC1. The van der Waals surface area contributed by atoms with Crippen LogP contribution in [0.1, 0.15) is 57.8 Å². The summed E-state index contributed by atoms with van der Waals surface area (Å²) in [6.45, 7) is 2.79. The van der Waals surface area contributed by atoms with Gasteiger partial charge < -0.3 is 4.90 Å². The maximum absolute atomic E-state index is 2.78. The van der Waals surface area contributed by atoms with E-state index < -0.39 is 0 Å². The minimum absolute atomic E-state index is 0.965. The van der Waals surface area contributed by atoms with Crippen LogP contribution in [0.4, 0.5) is 0 Å². The Morgan fingerprint density at radius 3 is 1.77 bits per heavy atom. The molecular weight excluding hydrogens is 158 g/mol. The van der Waals surface area contributed by atoms with Crippen molar-refractivity contribution in [1.29, 1.82) is 0 Å². The fourth-order valence-corrected chi connectivity index (χ4v) is 2.91. The van der Waals surface area contributed by atoms with E-state index in [1.54, 1.807) is 0 Å². The van der Waals surface area contributed by atoms with E-state index in [2.05, 4.69) is 4.90 Å². The summed E-state index contributed by atoms with van der Waals surface area (Å²) in [4.78, 5) is 2.78. The van der Waals surface area contributed by atoms with Crippen LogP contribution in [0.15, 0.2) is 0 Å². The van der Waals surface area contributed by atoms with Gasteiger partial charge in [0, 0.05) is 6.04 Å². The van der Waals surface area contributed by atoms with E-state index >= 15 is 0 Å². The van der Waals surface area contributed by atoms with Gasteiger partial charge in [0.1, 0.15) is 0 Å². The molecule has 1 heterocycles. The molecule has 1 aliphatic carbocycles. The van der Waals surface area contributed by atoms with Crippen molar-refractivity contribution in [3.8, 4) is 0 Å². The Hall–Kier alpha value is -0.0400. The highest BCUT2D eigenvalue weighted by atomic mass is 15.2. The predicted molar refractivity (Wildman–Crippen MR) is 56.9 cm³/mol. The second kappa shape index (κ2) is 4.99. The Kier molecular flexibility index (Phi) is 3.65. The second-order valence-corrected chi connectivity index (χ2v) is 4.74. The molecule has 2 rings (SSSR count). The number of rotatable bonds is 1. The average Bonchev–Trinajstić information content (AvgIpc) is 2.47. The number of nitrogens with zero attached hydrogens (tertiary/aromatic N) is 1. The molecule has 2 aliphatic rings. The summed E-state index contributed by atoms with van der Waals surface area (Å²) in [5, 5.41) is 0. The fourth-order valence-electron chi connectivity index (χ4n) is 2.91. The molecule has 1 saturated heterocycles. The van der Waals surface area contributed by atoms with Gasteiger partial charge in [-0.15, -0.1) is 0 Å². The molecule has 0 amide bonds. The maximum Gasteiger partial charge on any atom is 0.00952 e. The van der Waals surface area contributed by atoms with Gasteiger partial charge in [-0.05, 0) is 38.8 Å². The molecule has 0 unspecified atom stereocenters. The molecular formula is C12H23N. The molecule has 0 aromatic heterocycles. The lowest BCUT2D eigenvalue weighted by molar-refractivity contribution is 0.161. The summed E-state index contributed by atoms with van der Waals surface area (Å²) in [6, 6.07) is 0.965. The van der Waals surface area contributed by atoms with Crippen molar-refractivity contribution < 1.29 is 0 Å². The first-order valence-electron chi connectivity index (χ1n) is 6.21. The van der Waals surface area contributed by atoms with Gasteiger partial charge in [-0.25, -0.2) is 0 Å². The molecule has 0 N–H and O–H groups in total. The van der Waals surface area contributed by atoms with Crippen molar-refractivity contribution in [3.63, 3.8) is 0 Å². The van der Waals surface area contributed by atoms with E-state index in [1.807, 2.05) is 0 Å². The topological polar surface area (TPSA) is 3.24 Å². The normalized spacial score (nSPS) is 28.6. The zero-order valence-corrected chi connectivity index (χ0v) is 8.80. The van der Waals surface area contributed by atoms with Gasteiger partial charge in [-0.3, -0.25) is 0 Å². The highest BCUT2D eigenvalue weighted by Crippen LogP contribution is 2.24. The van der Waals surface area contributed by atoms with Crippen molar-refractivity contribution in [1.82, 2.24) is 4.90 Å². The summed E-state index contributed by atoms with van der Waals surface area (Å²) in [7, 11) is 0.